The van der Waals surface area contributed by atoms with Gasteiger partial charge < -0.3 is 4.90 Å². The Morgan fingerprint density at radius 1 is 0.950 bits per heavy atom. The van der Waals surface area contributed by atoms with Crippen LogP contribution in [0, 0.1) is 0 Å². The molecule has 0 saturated carbocycles. The van der Waals surface area contributed by atoms with Gasteiger partial charge in [-0.15, -0.1) is 11.3 Å². The number of aromatic nitrogens is 1. The fourth-order valence-corrected chi connectivity index (χ4v) is 3.69. The molecule has 0 atom stereocenters. The van der Waals surface area contributed by atoms with Crippen LogP contribution in [0.3, 0.4) is 0 Å². The van der Waals surface area contributed by atoms with Gasteiger partial charge in [0.1, 0.15) is 0 Å². The van der Waals surface area contributed by atoms with E-state index in [4.69, 9.17) is 4.98 Å². The molecule has 0 unspecified atom stereocenters. The molecule has 0 radical (unpaired) electrons. The van der Waals surface area contributed by atoms with Gasteiger partial charge in [0.2, 0.25) is 0 Å². The summed E-state index contributed by atoms with van der Waals surface area (Å²) in [6.07, 6.45) is 2.59. The molecule has 2 heterocycles. The summed E-state index contributed by atoms with van der Waals surface area (Å²) < 4.78 is 0. The second kappa shape index (κ2) is 4.91. The maximum Gasteiger partial charge on any atom is 0.185 e. The van der Waals surface area contributed by atoms with Crippen molar-refractivity contribution < 1.29 is 0 Å². The van der Waals surface area contributed by atoms with Crippen LogP contribution in [0.2, 0.25) is 0 Å². The molecule has 2 aromatic carbocycles. The molecule has 2 nitrogen and oxygen atoms in total. The molecule has 0 bridgehead atoms. The van der Waals surface area contributed by atoms with E-state index in [2.05, 4.69) is 52.7 Å². The molecule has 1 fully saturated rings. The Labute approximate surface area is 122 Å². The summed E-state index contributed by atoms with van der Waals surface area (Å²) in [5.74, 6) is 0. The fraction of sp³-hybridized carbons (Fsp3) is 0.235. The van der Waals surface area contributed by atoms with Crippen LogP contribution in [-0.2, 0) is 0 Å². The zero-order valence-electron chi connectivity index (χ0n) is 11.2. The summed E-state index contributed by atoms with van der Waals surface area (Å²) in [6, 6.07) is 15.1. The smallest absolute Gasteiger partial charge is 0.185 e. The first-order valence-electron chi connectivity index (χ1n) is 7.10. The molecular weight excluding hydrogens is 264 g/mol. The van der Waals surface area contributed by atoms with Gasteiger partial charge in [-0.05, 0) is 29.7 Å². The third-order valence-corrected chi connectivity index (χ3v) is 4.82. The van der Waals surface area contributed by atoms with Gasteiger partial charge in [-0.2, -0.15) is 0 Å². The van der Waals surface area contributed by atoms with E-state index in [-0.39, 0.29) is 0 Å². The van der Waals surface area contributed by atoms with E-state index in [0.717, 1.165) is 18.8 Å². The van der Waals surface area contributed by atoms with Crippen LogP contribution < -0.4 is 4.90 Å². The Bertz CT molecular complexity index is 741. The molecule has 20 heavy (non-hydrogen) atoms. The first kappa shape index (κ1) is 11.9. The third-order valence-electron chi connectivity index (χ3n) is 3.91. The lowest BCUT2D eigenvalue weighted by Crippen LogP contribution is -2.17. The summed E-state index contributed by atoms with van der Waals surface area (Å²) in [6.45, 7) is 2.31. The number of hydrogen-bond donors (Lipinski definition) is 0. The highest BCUT2D eigenvalue weighted by atomic mass is 32.1. The standard InChI is InChI=1S/C17H16N2S/c1-2-6-14-11-15(8-7-13(14)5-1)16-12-20-17(18-16)19-9-3-4-10-19/h1-2,5-8,11-12H,3-4,9-10H2. The Morgan fingerprint density at radius 3 is 2.60 bits per heavy atom. The van der Waals surface area contributed by atoms with Crippen LogP contribution in [0.5, 0.6) is 0 Å². The van der Waals surface area contributed by atoms with Gasteiger partial charge in [-0.25, -0.2) is 4.98 Å². The van der Waals surface area contributed by atoms with Crippen molar-refractivity contribution >= 4 is 27.2 Å². The molecule has 0 aliphatic carbocycles. The zero-order valence-corrected chi connectivity index (χ0v) is 12.1. The molecule has 1 aliphatic rings. The van der Waals surface area contributed by atoms with Crippen molar-refractivity contribution in [3.8, 4) is 11.3 Å². The highest BCUT2D eigenvalue weighted by Crippen LogP contribution is 2.30. The number of anilines is 1. The average molecular weight is 280 g/mol. The van der Waals surface area contributed by atoms with Gasteiger partial charge in [0.15, 0.2) is 5.13 Å². The van der Waals surface area contributed by atoms with Gasteiger partial charge in [0.25, 0.3) is 0 Å². The van der Waals surface area contributed by atoms with E-state index in [1.807, 2.05) is 0 Å². The quantitative estimate of drug-likeness (QED) is 0.684. The van der Waals surface area contributed by atoms with Gasteiger partial charge in [-0.1, -0.05) is 36.4 Å². The third kappa shape index (κ3) is 2.08. The van der Waals surface area contributed by atoms with Crippen LogP contribution in [0.15, 0.2) is 47.8 Å². The molecule has 3 heteroatoms. The normalized spacial score (nSPS) is 15.1. The molecular formula is C17H16N2S. The van der Waals surface area contributed by atoms with Gasteiger partial charge >= 0.3 is 0 Å². The largest absolute Gasteiger partial charge is 0.348 e. The topological polar surface area (TPSA) is 16.1 Å². The number of nitrogens with zero attached hydrogens (tertiary/aromatic N) is 2. The van der Waals surface area contributed by atoms with Crippen molar-refractivity contribution in [2.75, 3.05) is 18.0 Å². The van der Waals surface area contributed by atoms with E-state index in [0.29, 0.717) is 0 Å². The molecule has 100 valence electrons. The van der Waals surface area contributed by atoms with Crippen LogP contribution in [0.4, 0.5) is 5.13 Å². The van der Waals surface area contributed by atoms with E-state index in [1.165, 1.54) is 34.3 Å². The molecule has 1 saturated heterocycles. The van der Waals surface area contributed by atoms with Crippen LogP contribution in [0.1, 0.15) is 12.8 Å². The van der Waals surface area contributed by atoms with E-state index >= 15 is 0 Å². The second-order valence-corrected chi connectivity index (χ2v) is 6.11. The predicted octanol–water partition coefficient (Wildman–Crippen LogP) is 4.56. The lowest BCUT2D eigenvalue weighted by atomic mass is 10.1. The summed E-state index contributed by atoms with van der Waals surface area (Å²) >= 11 is 1.76. The highest BCUT2D eigenvalue weighted by molar-refractivity contribution is 7.14. The van der Waals surface area contributed by atoms with Gasteiger partial charge in [0.05, 0.1) is 5.69 Å². The van der Waals surface area contributed by atoms with Crippen LogP contribution in [0.25, 0.3) is 22.0 Å². The maximum atomic E-state index is 4.81. The summed E-state index contributed by atoms with van der Waals surface area (Å²) in [5.41, 5.74) is 2.31. The Morgan fingerprint density at radius 2 is 1.75 bits per heavy atom. The lowest BCUT2D eigenvalue weighted by Gasteiger charge is -2.12. The van der Waals surface area contributed by atoms with Crippen molar-refractivity contribution in [3.05, 3.63) is 47.8 Å². The molecule has 0 spiro atoms. The zero-order chi connectivity index (χ0) is 13.4. The minimum Gasteiger partial charge on any atom is -0.348 e. The average Bonchev–Trinajstić information content (AvgIpc) is 3.17. The Kier molecular flexibility index (Phi) is 2.92. The predicted molar refractivity (Wildman–Crippen MR) is 86.5 cm³/mol. The number of hydrogen-bond acceptors (Lipinski definition) is 3. The summed E-state index contributed by atoms with van der Waals surface area (Å²) in [5, 5.41) is 5.91. The highest BCUT2D eigenvalue weighted by Gasteiger charge is 2.16. The number of thiazole rings is 1. The van der Waals surface area contributed by atoms with Crippen molar-refractivity contribution in [1.82, 2.24) is 4.98 Å². The molecule has 1 aliphatic heterocycles. The monoisotopic (exact) mass is 280 g/mol. The Hall–Kier alpha value is -1.87. The van der Waals surface area contributed by atoms with Crippen molar-refractivity contribution in [3.63, 3.8) is 0 Å². The van der Waals surface area contributed by atoms with Crippen LogP contribution in [-0.4, -0.2) is 18.1 Å². The molecule has 1 aromatic heterocycles. The van der Waals surface area contributed by atoms with Crippen molar-refractivity contribution in [1.29, 1.82) is 0 Å². The van der Waals surface area contributed by atoms with Gasteiger partial charge in [0, 0.05) is 24.0 Å². The fourth-order valence-electron chi connectivity index (χ4n) is 2.80. The Balaban J connectivity index is 1.71. The first-order chi connectivity index (χ1) is 9.90. The van der Waals surface area contributed by atoms with E-state index < -0.39 is 0 Å². The number of rotatable bonds is 2. The number of fused-ring (bicyclic) bond motifs is 1. The van der Waals surface area contributed by atoms with E-state index in [9.17, 15) is 0 Å². The summed E-state index contributed by atoms with van der Waals surface area (Å²) in [7, 11) is 0. The van der Waals surface area contributed by atoms with Gasteiger partial charge in [-0.3, -0.25) is 0 Å². The minimum absolute atomic E-state index is 1.10. The molecule has 0 amide bonds. The molecule has 4 rings (SSSR count). The first-order valence-corrected chi connectivity index (χ1v) is 7.98. The molecule has 3 aromatic rings. The minimum atomic E-state index is 1.10. The summed E-state index contributed by atoms with van der Waals surface area (Å²) in [4.78, 5) is 7.21. The van der Waals surface area contributed by atoms with E-state index in [1.54, 1.807) is 11.3 Å². The number of benzene rings is 2. The van der Waals surface area contributed by atoms with Crippen LogP contribution >= 0.6 is 11.3 Å². The second-order valence-electron chi connectivity index (χ2n) is 5.27. The van der Waals surface area contributed by atoms with Crippen molar-refractivity contribution in [2.45, 2.75) is 12.8 Å². The molecule has 0 N–H and O–H groups in total. The van der Waals surface area contributed by atoms with Crippen molar-refractivity contribution in [2.24, 2.45) is 0 Å². The maximum absolute atomic E-state index is 4.81. The lowest BCUT2D eigenvalue weighted by molar-refractivity contribution is 0.949. The SMILES string of the molecule is c1ccc2cc(-c3csc(N4CCCC4)n3)ccc2c1.